The first kappa shape index (κ1) is 27.9. The second-order valence-corrected chi connectivity index (χ2v) is 9.62. The molecule has 0 aliphatic heterocycles. The number of nitrogens with zero attached hydrogens (tertiary/aromatic N) is 5. The van der Waals surface area contributed by atoms with E-state index in [0.717, 1.165) is 16.7 Å². The summed E-state index contributed by atoms with van der Waals surface area (Å²) in [6, 6.07) is 2.40. The molecule has 2 amide bonds. The highest BCUT2D eigenvalue weighted by atomic mass is 32.1. The molecule has 10 nitrogen and oxygen atoms in total. The molecule has 4 aromatic rings. The normalized spacial score (nSPS) is 11.7. The molecule has 204 valence electrons. The number of thiazole rings is 1. The average molecular weight is 560 g/mol. The van der Waals surface area contributed by atoms with Crippen molar-refractivity contribution in [3.63, 3.8) is 0 Å². The van der Waals surface area contributed by atoms with Gasteiger partial charge in [0.1, 0.15) is 16.5 Å². The van der Waals surface area contributed by atoms with Crippen molar-refractivity contribution in [1.82, 2.24) is 29.7 Å². The zero-order valence-electron chi connectivity index (χ0n) is 21.2. The maximum absolute atomic E-state index is 13.3. The molecule has 0 aromatic carbocycles. The number of aromatic nitrogens is 4. The van der Waals surface area contributed by atoms with Crippen molar-refractivity contribution in [2.24, 2.45) is 0 Å². The van der Waals surface area contributed by atoms with E-state index in [2.05, 4.69) is 25.6 Å². The predicted molar refractivity (Wildman–Crippen MR) is 142 cm³/mol. The van der Waals surface area contributed by atoms with E-state index in [4.69, 9.17) is 0 Å². The molecule has 0 bridgehead atoms. The van der Waals surface area contributed by atoms with Crippen LogP contribution in [0.15, 0.2) is 40.9 Å². The molecule has 4 rings (SSSR count). The van der Waals surface area contributed by atoms with Gasteiger partial charge < -0.3 is 14.8 Å². The number of hydrogen-bond acceptors (Lipinski definition) is 8. The van der Waals surface area contributed by atoms with Gasteiger partial charge in [-0.3, -0.25) is 14.9 Å². The summed E-state index contributed by atoms with van der Waals surface area (Å²) in [6.45, 7) is 3.17. The molecular formula is C25H24F3N7O3S. The van der Waals surface area contributed by atoms with Crippen LogP contribution in [0.5, 0.6) is 0 Å². The summed E-state index contributed by atoms with van der Waals surface area (Å²) in [6.07, 6.45) is 0.130. The van der Waals surface area contributed by atoms with Gasteiger partial charge in [-0.05, 0) is 33.2 Å². The fourth-order valence-corrected chi connectivity index (χ4v) is 4.64. The van der Waals surface area contributed by atoms with Crippen LogP contribution >= 0.6 is 11.3 Å². The Hall–Kier alpha value is -4.17. The van der Waals surface area contributed by atoms with Gasteiger partial charge in [0.05, 0.1) is 10.9 Å². The minimum absolute atomic E-state index is 0.0313. The molecule has 4 aromatic heterocycles. The van der Waals surface area contributed by atoms with Gasteiger partial charge in [0.15, 0.2) is 12.0 Å². The molecule has 14 heteroatoms. The first-order valence-electron chi connectivity index (χ1n) is 11.7. The number of alkyl halides is 3. The number of carbonyl (C=O) groups excluding carboxylic acids is 2. The molecule has 2 N–H and O–H groups in total. The summed E-state index contributed by atoms with van der Waals surface area (Å²) >= 11 is 0.776. The fourth-order valence-electron chi connectivity index (χ4n) is 3.79. The first-order chi connectivity index (χ1) is 18.5. The summed E-state index contributed by atoms with van der Waals surface area (Å²) < 4.78 is 41.6. The second kappa shape index (κ2) is 11.3. The van der Waals surface area contributed by atoms with E-state index in [9.17, 15) is 27.6 Å². The Kier molecular flexibility index (Phi) is 8.06. The largest absolute Gasteiger partial charge is 0.434 e. The lowest BCUT2D eigenvalue weighted by atomic mass is 10.0. The smallest absolute Gasteiger partial charge is 0.338 e. The third-order valence-electron chi connectivity index (χ3n) is 5.67. The molecule has 0 spiro atoms. The van der Waals surface area contributed by atoms with Crippen LogP contribution in [0.3, 0.4) is 0 Å². The quantitative estimate of drug-likeness (QED) is 0.312. The van der Waals surface area contributed by atoms with Crippen LogP contribution in [0.25, 0.3) is 32.7 Å². The molecule has 0 saturated carbocycles. The van der Waals surface area contributed by atoms with Gasteiger partial charge in [0, 0.05) is 60.3 Å². The monoisotopic (exact) mass is 559 g/mol. The molecule has 0 unspecified atom stereocenters. The van der Waals surface area contributed by atoms with Gasteiger partial charge in [0.25, 0.3) is 0 Å². The summed E-state index contributed by atoms with van der Waals surface area (Å²) in [5.41, 5.74) is -0.309. The van der Waals surface area contributed by atoms with Crippen LogP contribution in [0, 0.1) is 0 Å². The van der Waals surface area contributed by atoms with E-state index in [1.54, 1.807) is 11.5 Å². The highest BCUT2D eigenvalue weighted by Crippen LogP contribution is 2.38. The molecule has 4 heterocycles. The van der Waals surface area contributed by atoms with Crippen LogP contribution in [-0.2, 0) is 12.7 Å². The summed E-state index contributed by atoms with van der Waals surface area (Å²) in [5.74, 6) is 0.0893. The number of rotatable bonds is 8. The molecule has 0 aliphatic rings. The third-order valence-corrected chi connectivity index (χ3v) is 6.55. The SMILES string of the molecule is CCNC(=O)Nc1cc(-c2nc(C(F)(F)F)cs2)c(-c2cnc3c(c2)c(=O)c(C=O)cn3CCN(C)C)cn1. The number of anilines is 1. The number of hydrogen-bond donors (Lipinski definition) is 2. The zero-order chi connectivity index (χ0) is 28.3. The minimum Gasteiger partial charge on any atom is -0.338 e. The lowest BCUT2D eigenvalue weighted by Crippen LogP contribution is -2.28. The van der Waals surface area contributed by atoms with Crippen LogP contribution < -0.4 is 16.1 Å². The number of amides is 2. The highest BCUT2D eigenvalue weighted by molar-refractivity contribution is 7.13. The number of fused-ring (bicyclic) bond motifs is 1. The summed E-state index contributed by atoms with van der Waals surface area (Å²) in [4.78, 5) is 51.1. The number of halogens is 3. The van der Waals surface area contributed by atoms with Gasteiger partial charge in [-0.2, -0.15) is 13.2 Å². The molecule has 0 aliphatic carbocycles. The first-order valence-corrected chi connectivity index (χ1v) is 12.6. The topological polar surface area (TPSA) is 122 Å². The Morgan fingerprint density at radius 2 is 1.95 bits per heavy atom. The lowest BCUT2D eigenvalue weighted by molar-refractivity contribution is -0.140. The molecule has 0 fully saturated rings. The molecule has 0 saturated heterocycles. The van der Waals surface area contributed by atoms with Gasteiger partial charge in [-0.25, -0.2) is 19.7 Å². The van der Waals surface area contributed by atoms with E-state index in [1.807, 2.05) is 19.0 Å². The Morgan fingerprint density at radius 1 is 1.18 bits per heavy atom. The molecule has 39 heavy (non-hydrogen) atoms. The maximum atomic E-state index is 13.3. The molecular weight excluding hydrogens is 535 g/mol. The van der Waals surface area contributed by atoms with Crippen LogP contribution in [0.1, 0.15) is 23.0 Å². The average Bonchev–Trinajstić information content (AvgIpc) is 3.39. The van der Waals surface area contributed by atoms with E-state index >= 15 is 0 Å². The highest BCUT2D eigenvalue weighted by Gasteiger charge is 2.34. The number of nitrogens with one attached hydrogen (secondary N) is 2. The summed E-state index contributed by atoms with van der Waals surface area (Å²) in [5, 5.41) is 6.18. The number of aldehydes is 1. The molecule has 0 atom stereocenters. The van der Waals surface area contributed by atoms with Crippen LogP contribution in [-0.4, -0.2) is 63.9 Å². The third kappa shape index (κ3) is 6.12. The standard InChI is InChI=1S/C25H24F3N7O3S/c1-4-29-24(38)33-20-8-16(23-32-19(13-39-23)25(26,27)28)18(10-30-20)14-7-17-21(37)15(12-36)11-35(6-5-34(2)3)22(17)31-9-14/h7-13H,4-6H2,1-3H3,(H2,29,30,33,38). The van der Waals surface area contributed by atoms with Gasteiger partial charge in [0.2, 0.25) is 5.43 Å². The number of pyridine rings is 3. The predicted octanol–water partition coefficient (Wildman–Crippen LogP) is 4.12. The molecule has 0 radical (unpaired) electrons. The fraction of sp³-hybridized carbons (Fsp3) is 0.280. The van der Waals surface area contributed by atoms with Crippen LogP contribution in [0.4, 0.5) is 23.8 Å². The van der Waals surface area contributed by atoms with Crippen molar-refractivity contribution < 1.29 is 22.8 Å². The van der Waals surface area contributed by atoms with Crippen molar-refractivity contribution in [3.8, 4) is 21.7 Å². The minimum atomic E-state index is -4.64. The zero-order valence-corrected chi connectivity index (χ0v) is 22.0. The Labute approximate surface area is 224 Å². The van der Waals surface area contributed by atoms with E-state index in [1.165, 1.54) is 30.7 Å². The Bertz CT molecular complexity index is 1600. The van der Waals surface area contributed by atoms with Crippen LogP contribution in [0.2, 0.25) is 0 Å². The van der Waals surface area contributed by atoms with E-state index < -0.39 is 23.3 Å². The summed E-state index contributed by atoms with van der Waals surface area (Å²) in [7, 11) is 3.78. The Morgan fingerprint density at radius 3 is 2.59 bits per heavy atom. The number of likely N-dealkylation sites (N-methyl/N-ethyl adjacent to an activating group) is 1. The van der Waals surface area contributed by atoms with Crippen molar-refractivity contribution in [2.75, 3.05) is 32.5 Å². The lowest BCUT2D eigenvalue weighted by Gasteiger charge is -2.15. The van der Waals surface area contributed by atoms with Gasteiger partial charge in [-0.1, -0.05) is 0 Å². The van der Waals surface area contributed by atoms with Crippen molar-refractivity contribution in [3.05, 3.63) is 57.6 Å². The van der Waals surface area contributed by atoms with Gasteiger partial charge in [-0.15, -0.1) is 11.3 Å². The second-order valence-electron chi connectivity index (χ2n) is 8.76. The number of carbonyl (C=O) groups is 2. The number of urea groups is 1. The van der Waals surface area contributed by atoms with Gasteiger partial charge >= 0.3 is 12.2 Å². The van der Waals surface area contributed by atoms with Crippen molar-refractivity contribution >= 4 is 40.5 Å². The Balaban J connectivity index is 1.89. The maximum Gasteiger partial charge on any atom is 0.434 e. The van der Waals surface area contributed by atoms with E-state index in [-0.39, 0.29) is 27.3 Å². The van der Waals surface area contributed by atoms with Crippen molar-refractivity contribution in [1.29, 1.82) is 0 Å². The van der Waals surface area contributed by atoms with Crippen molar-refractivity contribution in [2.45, 2.75) is 19.6 Å². The van der Waals surface area contributed by atoms with E-state index in [0.29, 0.717) is 42.7 Å².